The maximum atomic E-state index is 11.5. The lowest BCUT2D eigenvalue weighted by Gasteiger charge is -2.08. The molecule has 0 N–H and O–H groups in total. The van der Waals surface area contributed by atoms with Gasteiger partial charge in [0.25, 0.3) is 10.1 Å². The molecule has 0 aliphatic heterocycles. The summed E-state index contributed by atoms with van der Waals surface area (Å²) in [6.45, 7) is 5.76. The smallest absolute Gasteiger partial charge is 0.267 e. The van der Waals surface area contributed by atoms with Crippen molar-refractivity contribution in [2.45, 2.75) is 110 Å². The minimum atomic E-state index is -3.30. The van der Waals surface area contributed by atoms with Crippen LogP contribution in [-0.2, 0) is 14.3 Å². The largest absolute Gasteiger partial charge is 0.267 e. The van der Waals surface area contributed by atoms with Crippen LogP contribution in [0.3, 0.4) is 0 Å². The zero-order valence-corrected chi connectivity index (χ0v) is 15.9. The first-order valence-corrected chi connectivity index (χ1v) is 11.0. The maximum absolute atomic E-state index is 11.5. The van der Waals surface area contributed by atoms with Crippen LogP contribution in [0.2, 0.25) is 0 Å². The SMILES string of the molecule is CCCCCCCCCCCCCCCS(=O)(=O)OC(C)C. The Morgan fingerprint density at radius 3 is 1.41 bits per heavy atom. The monoisotopic (exact) mass is 334 g/mol. The van der Waals surface area contributed by atoms with Gasteiger partial charge in [0.05, 0.1) is 11.9 Å². The van der Waals surface area contributed by atoms with Gasteiger partial charge < -0.3 is 0 Å². The molecule has 0 aromatic rings. The number of unbranched alkanes of at least 4 members (excludes halogenated alkanes) is 12. The third-order valence-electron chi connectivity index (χ3n) is 3.84. The van der Waals surface area contributed by atoms with Crippen LogP contribution in [-0.4, -0.2) is 20.3 Å². The second kappa shape index (κ2) is 14.5. The fraction of sp³-hybridized carbons (Fsp3) is 1.00. The van der Waals surface area contributed by atoms with Crippen molar-refractivity contribution in [2.75, 3.05) is 5.75 Å². The summed E-state index contributed by atoms with van der Waals surface area (Å²) >= 11 is 0. The summed E-state index contributed by atoms with van der Waals surface area (Å²) in [7, 11) is -3.30. The van der Waals surface area contributed by atoms with Gasteiger partial charge in [-0.1, -0.05) is 84.0 Å². The van der Waals surface area contributed by atoms with Crippen LogP contribution >= 0.6 is 0 Å². The molecule has 0 aliphatic carbocycles. The molecule has 0 amide bonds. The molecule has 22 heavy (non-hydrogen) atoms. The van der Waals surface area contributed by atoms with Gasteiger partial charge in [0.15, 0.2) is 0 Å². The molecule has 0 rings (SSSR count). The van der Waals surface area contributed by atoms with Gasteiger partial charge >= 0.3 is 0 Å². The third kappa shape index (κ3) is 16.3. The topological polar surface area (TPSA) is 43.4 Å². The van der Waals surface area contributed by atoms with Gasteiger partial charge in [-0.25, -0.2) is 0 Å². The van der Waals surface area contributed by atoms with E-state index < -0.39 is 10.1 Å². The zero-order valence-electron chi connectivity index (χ0n) is 15.1. The standard InChI is InChI=1S/C18H38O3S/c1-4-5-6-7-8-9-10-11-12-13-14-15-16-17-22(19,20)21-18(2)3/h18H,4-17H2,1-3H3. The molecule has 0 heterocycles. The highest BCUT2D eigenvalue weighted by Gasteiger charge is 2.12. The molecule has 4 heteroatoms. The van der Waals surface area contributed by atoms with E-state index in [1.54, 1.807) is 13.8 Å². The van der Waals surface area contributed by atoms with Crippen molar-refractivity contribution in [3.8, 4) is 0 Å². The van der Waals surface area contributed by atoms with E-state index in [4.69, 9.17) is 4.18 Å². The number of hydrogen-bond acceptors (Lipinski definition) is 3. The fourth-order valence-electron chi connectivity index (χ4n) is 2.64. The average Bonchev–Trinajstić information content (AvgIpc) is 2.42. The minimum absolute atomic E-state index is 0.170. The van der Waals surface area contributed by atoms with Crippen LogP contribution in [0, 0.1) is 0 Å². The van der Waals surface area contributed by atoms with Gasteiger partial charge in [-0.2, -0.15) is 8.42 Å². The lowest BCUT2D eigenvalue weighted by molar-refractivity contribution is 0.248. The van der Waals surface area contributed by atoms with E-state index in [1.807, 2.05) is 0 Å². The summed E-state index contributed by atoms with van der Waals surface area (Å²) in [6, 6.07) is 0. The Morgan fingerprint density at radius 1 is 0.682 bits per heavy atom. The van der Waals surface area contributed by atoms with E-state index in [9.17, 15) is 8.42 Å². The lowest BCUT2D eigenvalue weighted by Crippen LogP contribution is -2.15. The van der Waals surface area contributed by atoms with E-state index in [0.29, 0.717) is 0 Å². The van der Waals surface area contributed by atoms with Gasteiger partial charge in [-0.05, 0) is 20.3 Å². The molecule has 0 fully saturated rings. The molecule has 0 aromatic carbocycles. The van der Waals surface area contributed by atoms with Crippen LogP contribution in [0.25, 0.3) is 0 Å². The molecule has 0 aromatic heterocycles. The van der Waals surface area contributed by atoms with E-state index in [2.05, 4.69) is 6.92 Å². The number of hydrogen-bond donors (Lipinski definition) is 0. The Bertz CT molecular complexity index is 323. The van der Waals surface area contributed by atoms with Gasteiger partial charge in [-0.3, -0.25) is 4.18 Å². The summed E-state index contributed by atoms with van der Waals surface area (Å²) < 4.78 is 28.0. The maximum Gasteiger partial charge on any atom is 0.267 e. The molecule has 3 nitrogen and oxygen atoms in total. The molecule has 0 aliphatic rings. The van der Waals surface area contributed by atoms with Crippen LogP contribution < -0.4 is 0 Å². The van der Waals surface area contributed by atoms with Gasteiger partial charge in [0, 0.05) is 0 Å². The summed E-state index contributed by atoms with van der Waals surface area (Å²) in [5.41, 5.74) is 0. The second-order valence-corrected chi connectivity index (χ2v) is 8.37. The highest BCUT2D eigenvalue weighted by Crippen LogP contribution is 2.13. The second-order valence-electron chi connectivity index (χ2n) is 6.65. The first-order chi connectivity index (χ1) is 10.5. The van der Waals surface area contributed by atoms with Crippen molar-refractivity contribution >= 4 is 10.1 Å². The van der Waals surface area contributed by atoms with E-state index in [0.717, 1.165) is 19.3 Å². The van der Waals surface area contributed by atoms with Crippen molar-refractivity contribution in [2.24, 2.45) is 0 Å². The average molecular weight is 335 g/mol. The molecule has 0 spiro atoms. The van der Waals surface area contributed by atoms with E-state index in [-0.39, 0.29) is 11.9 Å². The molecule has 0 saturated heterocycles. The first-order valence-electron chi connectivity index (χ1n) is 9.39. The molecule has 0 bridgehead atoms. The minimum Gasteiger partial charge on any atom is -0.267 e. The summed E-state index contributed by atoms with van der Waals surface area (Å²) in [5, 5.41) is 0. The Labute approximate surface area is 139 Å². The van der Waals surface area contributed by atoms with Gasteiger partial charge in [0.2, 0.25) is 0 Å². The summed E-state index contributed by atoms with van der Waals surface area (Å²) in [4.78, 5) is 0. The molecule has 0 atom stereocenters. The van der Waals surface area contributed by atoms with Crippen LogP contribution in [0.15, 0.2) is 0 Å². The van der Waals surface area contributed by atoms with Crippen molar-refractivity contribution in [1.29, 1.82) is 0 Å². The quantitative estimate of drug-likeness (QED) is 0.263. The molecular weight excluding hydrogens is 296 g/mol. The predicted molar refractivity (Wildman–Crippen MR) is 95.7 cm³/mol. The summed E-state index contributed by atoms with van der Waals surface area (Å²) in [5.74, 6) is 0.170. The zero-order chi connectivity index (χ0) is 16.7. The van der Waals surface area contributed by atoms with Gasteiger partial charge in [-0.15, -0.1) is 0 Å². The Hall–Kier alpha value is -0.0900. The molecule has 0 unspecified atom stereocenters. The van der Waals surface area contributed by atoms with Crippen LogP contribution in [0.5, 0.6) is 0 Å². The highest BCUT2D eigenvalue weighted by atomic mass is 32.2. The molecule has 0 saturated carbocycles. The van der Waals surface area contributed by atoms with Crippen molar-refractivity contribution in [3.63, 3.8) is 0 Å². The first kappa shape index (κ1) is 21.9. The van der Waals surface area contributed by atoms with Gasteiger partial charge in [0.1, 0.15) is 0 Å². The summed E-state index contributed by atoms with van der Waals surface area (Å²) in [6.07, 6.45) is 16.2. The molecule has 0 radical (unpaired) electrons. The number of rotatable bonds is 16. The van der Waals surface area contributed by atoms with E-state index in [1.165, 1.54) is 64.2 Å². The van der Waals surface area contributed by atoms with E-state index >= 15 is 0 Å². The molecular formula is C18H38O3S. The van der Waals surface area contributed by atoms with Crippen molar-refractivity contribution in [1.82, 2.24) is 0 Å². The predicted octanol–water partition coefficient (Wildman–Crippen LogP) is 5.83. The normalized spacial score (nSPS) is 12.2. The van der Waals surface area contributed by atoms with Crippen LogP contribution in [0.4, 0.5) is 0 Å². The van der Waals surface area contributed by atoms with Crippen LogP contribution in [0.1, 0.15) is 104 Å². The fourth-order valence-corrected chi connectivity index (χ4v) is 3.88. The Balaban J connectivity index is 3.24. The van der Waals surface area contributed by atoms with Crippen molar-refractivity contribution in [3.05, 3.63) is 0 Å². The lowest BCUT2D eigenvalue weighted by atomic mass is 10.1. The Morgan fingerprint density at radius 2 is 1.05 bits per heavy atom. The Kier molecular flexibility index (Phi) is 14.4. The third-order valence-corrected chi connectivity index (χ3v) is 5.30. The molecule has 134 valence electrons. The highest BCUT2D eigenvalue weighted by molar-refractivity contribution is 7.86. The van der Waals surface area contributed by atoms with Crippen molar-refractivity contribution < 1.29 is 12.6 Å².